The summed E-state index contributed by atoms with van der Waals surface area (Å²) in [7, 11) is 0. The van der Waals surface area contributed by atoms with Crippen LogP contribution in [0.4, 0.5) is 39.5 Å². The highest BCUT2D eigenvalue weighted by Gasteiger charge is 2.42. The Kier molecular flexibility index (Phi) is 29.0. The average molecular weight is 1760 g/mol. The number of hydrogen-bond donors (Lipinski definition) is 4. The highest BCUT2D eigenvalue weighted by atomic mass is 19.4. The van der Waals surface area contributed by atoms with E-state index in [-0.39, 0.29) is 39.5 Å². The summed E-state index contributed by atoms with van der Waals surface area (Å²) in [6.45, 7) is 23.1. The molecule has 0 fully saturated rings. The van der Waals surface area contributed by atoms with E-state index in [0.717, 1.165) is 43.6 Å². The van der Waals surface area contributed by atoms with E-state index < -0.39 is 81.9 Å². The van der Waals surface area contributed by atoms with Gasteiger partial charge in [0.25, 0.3) is 0 Å². The number of esters is 1. The first-order chi connectivity index (χ1) is 59.5. The fourth-order valence-corrected chi connectivity index (χ4v) is 13.9. The maximum Gasteiger partial charge on any atom is 0.437 e. The van der Waals surface area contributed by atoms with Gasteiger partial charge in [-0.3, -0.25) is 4.79 Å². The van der Waals surface area contributed by atoms with Crippen molar-refractivity contribution in [1.29, 1.82) is 0 Å². The van der Waals surface area contributed by atoms with Gasteiger partial charge in [-0.25, -0.2) is 14.4 Å². The predicted octanol–water partition coefficient (Wildman–Crippen LogP) is 22.3. The van der Waals surface area contributed by atoms with Crippen LogP contribution < -0.4 is 33.2 Å². The molecule has 0 aliphatic heterocycles. The number of carbonyl (C=O) groups is 4. The van der Waals surface area contributed by atoms with Gasteiger partial charge in [-0.2, -0.15) is 39.5 Å². The molecule has 126 heavy (non-hydrogen) atoms. The Morgan fingerprint density at radius 2 is 0.730 bits per heavy atom. The third-order valence-electron chi connectivity index (χ3n) is 20.0. The number of nitrogens with one attached hydrogen (secondary N) is 1. The summed E-state index contributed by atoms with van der Waals surface area (Å²) < 4.78 is 186. The monoisotopic (exact) mass is 1760 g/mol. The Hall–Kier alpha value is -13.0. The molecule has 0 unspecified atom stereocenters. The molecule has 7 aromatic carbocycles. The molecule has 7 aromatic heterocycles. The highest BCUT2D eigenvalue weighted by Crippen LogP contribution is 2.43. The molecule has 672 valence electrons. The van der Waals surface area contributed by atoms with Gasteiger partial charge in [0.05, 0.1) is 59.1 Å². The molecule has 14 rings (SSSR count). The molecule has 0 bridgehead atoms. The number of aromatic nitrogens is 7. The van der Waals surface area contributed by atoms with Crippen molar-refractivity contribution in [3.8, 4) is 40.2 Å². The van der Waals surface area contributed by atoms with Gasteiger partial charge >= 0.3 is 42.4 Å². The van der Waals surface area contributed by atoms with Crippen molar-refractivity contribution < 1.29 is 125 Å². The fraction of sp³-hybridized carbons (Fsp3) is 0.380. The molecule has 0 radical (unpaired) electrons. The van der Waals surface area contributed by atoms with E-state index in [1.54, 1.807) is 67.2 Å². The van der Waals surface area contributed by atoms with Crippen LogP contribution in [0.3, 0.4) is 0 Å². The van der Waals surface area contributed by atoms with Crippen molar-refractivity contribution in [2.45, 2.75) is 201 Å². The summed E-state index contributed by atoms with van der Waals surface area (Å²) in [6.07, 6.45) is -1.03. The van der Waals surface area contributed by atoms with Crippen molar-refractivity contribution in [3.63, 3.8) is 0 Å². The van der Waals surface area contributed by atoms with Gasteiger partial charge < -0.3 is 85.5 Å². The second-order valence-corrected chi connectivity index (χ2v) is 32.1. The number of fused-ring (bicyclic) bond motifs is 7. The van der Waals surface area contributed by atoms with E-state index in [1.807, 2.05) is 131 Å². The smallest absolute Gasteiger partial charge is 0.437 e. The predicted molar refractivity (Wildman–Crippen MR) is 452 cm³/mol. The van der Waals surface area contributed by atoms with Crippen LogP contribution in [0.1, 0.15) is 155 Å². The molecule has 7 heterocycles. The van der Waals surface area contributed by atoms with Crippen LogP contribution in [0.2, 0.25) is 0 Å². The van der Waals surface area contributed by atoms with Crippen molar-refractivity contribution >= 4 is 100 Å². The van der Waals surface area contributed by atoms with Gasteiger partial charge in [-0.15, -0.1) is 0 Å². The number of halogens is 9. The van der Waals surface area contributed by atoms with Gasteiger partial charge in [0, 0.05) is 88.0 Å². The summed E-state index contributed by atoms with van der Waals surface area (Å²) >= 11 is 0. The van der Waals surface area contributed by atoms with E-state index in [9.17, 15) is 63.8 Å². The minimum absolute atomic E-state index is 0.0602. The summed E-state index contributed by atoms with van der Waals surface area (Å²) in [6, 6.07) is 38.2. The number of H-pyrrole nitrogens is 1. The zero-order chi connectivity index (χ0) is 91.4. The maximum absolute atomic E-state index is 13.3. The molecule has 4 N–H and O–H groups in total. The number of rotatable bonds is 33. The van der Waals surface area contributed by atoms with Crippen LogP contribution in [-0.4, -0.2) is 122 Å². The molecule has 25 nitrogen and oxygen atoms in total. The number of nitrogens with zero attached hydrogens (tertiary/aromatic N) is 6. The number of aryl methyl sites for hydroxylation is 5. The summed E-state index contributed by atoms with van der Waals surface area (Å²) in [4.78, 5) is 49.1. The number of carbonyl (C=O) groups excluding carboxylic acids is 1. The third-order valence-corrected chi connectivity index (χ3v) is 20.0. The number of aliphatic carboxylic acids is 3. The number of alkyl halides is 9. The van der Waals surface area contributed by atoms with Gasteiger partial charge in [0.15, 0.2) is 50.6 Å². The second kappa shape index (κ2) is 39.0. The minimum Gasteiger partial charge on any atom is -0.493 e. The van der Waals surface area contributed by atoms with Gasteiger partial charge in [-0.1, -0.05) is 79.8 Å². The lowest BCUT2D eigenvalue weighted by atomic mass is 10.0. The number of hydrogen-bond acceptors (Lipinski definition) is 18. The normalized spacial score (nSPS) is 12.3. The molecule has 0 aliphatic carbocycles. The van der Waals surface area contributed by atoms with E-state index >= 15 is 0 Å². The maximum atomic E-state index is 13.3. The Bertz CT molecular complexity index is 6150. The van der Waals surface area contributed by atoms with Crippen molar-refractivity contribution in [2.75, 3.05) is 26.4 Å². The molecule has 0 spiro atoms. The zero-order valence-corrected chi connectivity index (χ0v) is 71.4. The van der Waals surface area contributed by atoms with Crippen molar-refractivity contribution in [3.05, 3.63) is 192 Å². The van der Waals surface area contributed by atoms with Gasteiger partial charge in [-0.05, 0) is 204 Å². The van der Waals surface area contributed by atoms with Crippen LogP contribution in [-0.2, 0) is 81.3 Å². The van der Waals surface area contributed by atoms with Crippen LogP contribution >= 0.6 is 0 Å². The molecule has 34 heteroatoms. The van der Waals surface area contributed by atoms with Gasteiger partial charge in [0.2, 0.25) is 0 Å². The highest BCUT2D eigenvalue weighted by molar-refractivity contribution is 5.92. The first-order valence-electron chi connectivity index (χ1n) is 40.8. The Morgan fingerprint density at radius 3 is 1.10 bits per heavy atom. The van der Waals surface area contributed by atoms with E-state index in [2.05, 4.69) is 25.0 Å². The van der Waals surface area contributed by atoms with Crippen LogP contribution in [0.25, 0.3) is 76.5 Å². The number of aromatic amines is 1. The first kappa shape index (κ1) is 93.7. The molecule has 0 saturated carbocycles. The minimum atomic E-state index is -4.59. The zero-order valence-electron chi connectivity index (χ0n) is 71.4. The summed E-state index contributed by atoms with van der Waals surface area (Å²) in [5.74, 6) is 0.292. The standard InChI is InChI=1S/C30H35F3N2O5.C26H27F3N2O5.C24H23F3N2O5.C12H13NO3/c1-7-10-20-23(14-13-21-25(20)40-34-26(21)30(31,32)33)37-18-9-16-35-17-15-19-22(35)11-8-12-24(19)38-29(5,6)27(36)39-28(2,3)4;1-4-7-17-20(11-10-18-22(17)36-30-23(18)26(27,28)29)34-15-6-13-31-14-12-16-19(31)8-5-9-21(16)35-25(2,3)24(32)33;1-2-5-16-20(9-8-17-22(16)34-28-23(17)24(25,26)27)33-13-4-12-32-19-7-3-6-18-15(19)10-11-29(18)14-21(30)31;1-12(2,11(14)15)16-10-5-3-4-9-8(10)6-7-13-9/h8,11-15,17H,7,9-10,16,18H2,1-6H3;5,8-12,14H,4,6-7,13,15H2,1-3H3,(H,32,33);3,6-11H,2,4-5,12-14H2,1H3,(H,30,31);3-7,13H,1-2H3,(H,14,15). The van der Waals surface area contributed by atoms with Crippen molar-refractivity contribution in [1.82, 2.24) is 34.2 Å². The lowest BCUT2D eigenvalue weighted by molar-refractivity contribution is -0.171. The number of carboxylic acid groups (broad SMARTS) is 3. The number of ether oxygens (including phenoxy) is 8. The van der Waals surface area contributed by atoms with Crippen LogP contribution in [0.15, 0.2) is 172 Å². The lowest BCUT2D eigenvalue weighted by Gasteiger charge is -2.29. The fourth-order valence-electron chi connectivity index (χ4n) is 13.9. The van der Waals surface area contributed by atoms with E-state index in [0.29, 0.717) is 154 Å². The molecule has 14 aromatic rings. The molecular weight excluding hydrogens is 1660 g/mol. The number of carboxylic acids is 3. The lowest BCUT2D eigenvalue weighted by Crippen LogP contribution is -2.43. The molecule has 0 aliphatic rings. The Labute approximate surface area is 717 Å². The van der Waals surface area contributed by atoms with E-state index in [1.165, 1.54) is 52.0 Å². The summed E-state index contributed by atoms with van der Waals surface area (Å²) in [5, 5.41) is 40.3. The second-order valence-electron chi connectivity index (χ2n) is 32.1. The molecular formula is C92H98F9N7O18. The van der Waals surface area contributed by atoms with Crippen LogP contribution in [0, 0.1) is 0 Å². The largest absolute Gasteiger partial charge is 0.493 e. The van der Waals surface area contributed by atoms with Gasteiger partial charge in [0.1, 0.15) is 52.4 Å². The third kappa shape index (κ3) is 22.4. The topological polar surface area (TPSA) is 311 Å². The summed E-state index contributed by atoms with van der Waals surface area (Å²) in [5.41, 5.74) is -1.93. The number of benzene rings is 7. The Morgan fingerprint density at radius 1 is 0.389 bits per heavy atom. The van der Waals surface area contributed by atoms with Crippen LogP contribution in [0.5, 0.6) is 40.2 Å². The first-order valence-corrected chi connectivity index (χ1v) is 40.8. The Balaban J connectivity index is 0.000000169. The SMILES string of the molecule is CC(C)(Oc1cccc2[nH]ccc12)C(=O)O.CCCc1c(OCCCOc2cccc3c2ccn3CC(=O)O)ccc2c(C(F)(F)F)noc12.CCCc1c(OCCCn2ccc3c(OC(C)(C)C(=O)O)cccc32)ccc2c(C(F)(F)F)noc12.CCCc1c(OCCCn2ccc3c(OC(C)(C)C(=O)OC(C)(C)C)cccc32)ccc2c(C(F)(F)F)noc12. The average Bonchev–Trinajstić information content (AvgIpc) is 1.63. The van der Waals surface area contributed by atoms with E-state index in [4.69, 9.17) is 61.7 Å². The molecule has 0 atom stereocenters. The molecule has 0 saturated heterocycles. The quantitative estimate of drug-likeness (QED) is 0.0169. The van der Waals surface area contributed by atoms with Crippen molar-refractivity contribution in [2.24, 2.45) is 0 Å². The molecule has 0 amide bonds.